The van der Waals surface area contributed by atoms with Gasteiger partial charge in [0.1, 0.15) is 0 Å². The molecular formula is C32H62O6. The van der Waals surface area contributed by atoms with Crippen LogP contribution in [-0.2, 0) is 19.4 Å². The topological polar surface area (TPSA) is 93.1 Å². The number of carbonyl (C=O) groups is 2. The maximum Gasteiger partial charge on any atom is 0.361 e. The predicted octanol–water partition coefficient (Wildman–Crippen LogP) is 8.75. The van der Waals surface area contributed by atoms with Gasteiger partial charge in [0.25, 0.3) is 0 Å². The third-order valence-electron chi connectivity index (χ3n) is 7.52. The molecule has 0 aliphatic heterocycles. The van der Waals surface area contributed by atoms with Gasteiger partial charge in [-0.1, -0.05) is 155 Å². The first-order chi connectivity index (χ1) is 18.6. The summed E-state index contributed by atoms with van der Waals surface area (Å²) in [5.74, 6) is -2.21. The molecule has 0 aliphatic rings. The monoisotopic (exact) mass is 542 g/mol. The fraction of sp³-hybridized carbons (Fsp3) is 0.938. The molecule has 0 amide bonds. The summed E-state index contributed by atoms with van der Waals surface area (Å²) >= 11 is 0. The third-order valence-corrected chi connectivity index (χ3v) is 7.52. The fourth-order valence-corrected chi connectivity index (χ4v) is 4.92. The van der Waals surface area contributed by atoms with Gasteiger partial charge >= 0.3 is 11.9 Å². The van der Waals surface area contributed by atoms with Gasteiger partial charge in [-0.25, -0.2) is 19.4 Å². The highest BCUT2D eigenvalue weighted by Crippen LogP contribution is 2.19. The minimum Gasteiger partial charge on any atom is -0.394 e. The van der Waals surface area contributed by atoms with E-state index in [0.717, 1.165) is 32.1 Å². The van der Waals surface area contributed by atoms with Gasteiger partial charge in [-0.05, 0) is 12.8 Å². The maximum absolute atomic E-state index is 12.4. The van der Waals surface area contributed by atoms with Crippen LogP contribution in [0, 0.1) is 5.92 Å². The Balaban J connectivity index is 3.82. The van der Waals surface area contributed by atoms with Gasteiger partial charge in [-0.15, -0.1) is 0 Å². The van der Waals surface area contributed by atoms with E-state index in [2.05, 4.69) is 13.8 Å². The molecule has 0 fully saturated rings. The zero-order valence-electron chi connectivity index (χ0n) is 25.1. The minimum atomic E-state index is -1.21. The average Bonchev–Trinajstić information content (AvgIpc) is 2.92. The largest absolute Gasteiger partial charge is 0.394 e. The van der Waals surface area contributed by atoms with E-state index in [-0.39, 0.29) is 6.42 Å². The summed E-state index contributed by atoms with van der Waals surface area (Å²) in [6.45, 7) is 3.95. The van der Waals surface area contributed by atoms with E-state index in [9.17, 15) is 19.8 Å². The third kappa shape index (κ3) is 23.9. The quantitative estimate of drug-likeness (QED) is 0.0583. The molecule has 0 rings (SSSR count). The molecule has 0 bridgehead atoms. The van der Waals surface area contributed by atoms with Crippen LogP contribution >= 0.6 is 0 Å². The average molecular weight is 543 g/mol. The number of hydrogen-bond donors (Lipinski definition) is 2. The van der Waals surface area contributed by atoms with E-state index < -0.39 is 30.6 Å². The van der Waals surface area contributed by atoms with E-state index in [0.29, 0.717) is 12.8 Å². The molecule has 0 spiro atoms. The predicted molar refractivity (Wildman–Crippen MR) is 156 cm³/mol. The normalized spacial score (nSPS) is 12.8. The first kappa shape index (κ1) is 36.9. The van der Waals surface area contributed by atoms with Crippen molar-refractivity contribution in [3.05, 3.63) is 0 Å². The molecule has 6 heteroatoms. The van der Waals surface area contributed by atoms with E-state index in [1.165, 1.54) is 109 Å². The van der Waals surface area contributed by atoms with Crippen molar-refractivity contribution in [1.29, 1.82) is 0 Å². The van der Waals surface area contributed by atoms with Gasteiger partial charge in [-0.2, -0.15) is 0 Å². The van der Waals surface area contributed by atoms with Gasteiger partial charge in [0.2, 0.25) is 0 Å². The van der Waals surface area contributed by atoms with Gasteiger partial charge in [-0.3, -0.25) is 0 Å². The second kappa shape index (κ2) is 28.9. The van der Waals surface area contributed by atoms with Crippen LogP contribution in [0.3, 0.4) is 0 Å². The Labute approximate surface area is 234 Å². The van der Waals surface area contributed by atoms with Crippen LogP contribution in [0.5, 0.6) is 0 Å². The second-order valence-corrected chi connectivity index (χ2v) is 11.2. The number of hydrogen-bond acceptors (Lipinski definition) is 6. The molecule has 0 aromatic heterocycles. The van der Waals surface area contributed by atoms with Crippen molar-refractivity contribution in [2.75, 3.05) is 6.61 Å². The van der Waals surface area contributed by atoms with Crippen molar-refractivity contribution in [1.82, 2.24) is 0 Å². The summed E-state index contributed by atoms with van der Waals surface area (Å²) in [6, 6.07) is 0. The number of aliphatic hydroxyl groups is 2. The number of unbranched alkanes of at least 4 members (excludes halogenated alkanes) is 21. The zero-order valence-corrected chi connectivity index (χ0v) is 25.1. The molecule has 0 aliphatic carbocycles. The van der Waals surface area contributed by atoms with Gasteiger partial charge in [0.15, 0.2) is 0 Å². The zero-order chi connectivity index (χ0) is 28.1. The van der Waals surface area contributed by atoms with E-state index in [1.807, 2.05) is 0 Å². The first-order valence-corrected chi connectivity index (χ1v) is 16.3. The van der Waals surface area contributed by atoms with Crippen LogP contribution in [0.15, 0.2) is 0 Å². The van der Waals surface area contributed by atoms with Crippen LogP contribution < -0.4 is 0 Å². The lowest BCUT2D eigenvalue weighted by molar-refractivity contribution is -0.264. The SMILES string of the molecule is CCCCCCCCCCCCCCC(C(=O)OOC(=O)CCCCCCCCCCCCC)C(O)CO. The summed E-state index contributed by atoms with van der Waals surface area (Å²) in [5.41, 5.74) is 0. The Bertz CT molecular complexity index is 524. The van der Waals surface area contributed by atoms with Crippen LogP contribution in [-0.4, -0.2) is 34.9 Å². The number of carbonyl (C=O) groups excluding carboxylic acids is 2. The maximum atomic E-state index is 12.4. The Kier molecular flexibility index (Phi) is 28.0. The van der Waals surface area contributed by atoms with Gasteiger partial charge in [0.05, 0.1) is 25.0 Å². The van der Waals surface area contributed by atoms with Crippen molar-refractivity contribution >= 4 is 11.9 Å². The Morgan fingerprint density at radius 3 is 1.32 bits per heavy atom. The smallest absolute Gasteiger partial charge is 0.361 e. The van der Waals surface area contributed by atoms with Crippen LogP contribution in [0.1, 0.15) is 174 Å². The molecule has 2 atom stereocenters. The highest BCUT2D eigenvalue weighted by molar-refractivity contribution is 5.75. The van der Waals surface area contributed by atoms with Crippen LogP contribution in [0.2, 0.25) is 0 Å². The lowest BCUT2D eigenvalue weighted by Crippen LogP contribution is -2.33. The molecule has 0 radical (unpaired) electrons. The lowest BCUT2D eigenvalue weighted by atomic mass is 9.95. The molecule has 0 heterocycles. The molecular weight excluding hydrogens is 480 g/mol. The van der Waals surface area contributed by atoms with Gasteiger partial charge < -0.3 is 10.2 Å². The van der Waals surface area contributed by atoms with Crippen molar-refractivity contribution in [2.45, 2.75) is 180 Å². The summed E-state index contributed by atoms with van der Waals surface area (Å²) in [7, 11) is 0. The van der Waals surface area contributed by atoms with E-state index in [1.54, 1.807) is 0 Å². The molecule has 2 unspecified atom stereocenters. The fourth-order valence-electron chi connectivity index (χ4n) is 4.92. The summed E-state index contributed by atoms with van der Waals surface area (Å²) in [4.78, 5) is 33.7. The molecule has 2 N–H and O–H groups in total. The molecule has 0 aromatic rings. The van der Waals surface area contributed by atoms with E-state index >= 15 is 0 Å². The Morgan fingerprint density at radius 1 is 0.553 bits per heavy atom. The van der Waals surface area contributed by atoms with Crippen molar-refractivity contribution in [3.8, 4) is 0 Å². The Hall–Kier alpha value is -1.14. The van der Waals surface area contributed by atoms with Crippen molar-refractivity contribution in [3.63, 3.8) is 0 Å². The molecule has 0 saturated carbocycles. The molecule has 226 valence electrons. The molecule has 6 nitrogen and oxygen atoms in total. The highest BCUT2D eigenvalue weighted by atomic mass is 17.2. The van der Waals surface area contributed by atoms with Crippen molar-refractivity contribution in [2.24, 2.45) is 5.92 Å². The number of rotatable bonds is 28. The molecule has 0 saturated heterocycles. The van der Waals surface area contributed by atoms with Gasteiger partial charge in [0, 0.05) is 0 Å². The Morgan fingerprint density at radius 2 is 0.921 bits per heavy atom. The minimum absolute atomic E-state index is 0.219. The van der Waals surface area contributed by atoms with Crippen LogP contribution in [0.4, 0.5) is 0 Å². The standard InChI is InChI=1S/C32H62O6/c1-3-5-7-9-11-13-15-17-18-20-22-24-26-29(30(34)28-33)32(36)38-37-31(35)27-25-23-21-19-16-14-12-10-8-6-4-2/h29-30,33-34H,3-28H2,1-2H3. The highest BCUT2D eigenvalue weighted by Gasteiger charge is 2.29. The van der Waals surface area contributed by atoms with Crippen LogP contribution in [0.25, 0.3) is 0 Å². The first-order valence-electron chi connectivity index (χ1n) is 16.3. The summed E-state index contributed by atoms with van der Waals surface area (Å²) in [6.07, 6.45) is 27.1. The van der Waals surface area contributed by atoms with E-state index in [4.69, 9.17) is 9.78 Å². The summed E-state index contributed by atoms with van der Waals surface area (Å²) < 4.78 is 0. The number of aliphatic hydroxyl groups excluding tert-OH is 2. The molecule has 38 heavy (non-hydrogen) atoms. The summed E-state index contributed by atoms with van der Waals surface area (Å²) in [5, 5.41) is 19.4. The van der Waals surface area contributed by atoms with Crippen molar-refractivity contribution < 1.29 is 29.6 Å². The molecule has 0 aromatic carbocycles. The lowest BCUT2D eigenvalue weighted by Gasteiger charge is -2.18. The second-order valence-electron chi connectivity index (χ2n) is 11.2.